The molecule has 2 aliphatic carbocycles. The molecule has 168 valence electrons. The maximum absolute atomic E-state index is 12.3. The SMILES string of the molecule is O=C(CC1CC(NC(=O)OCC2c3ccccc3-c3ccccc32)C1)NC(CO)C(=O)O. The Bertz CT molecular complexity index is 972. The summed E-state index contributed by atoms with van der Waals surface area (Å²) in [6, 6.07) is 14.9. The zero-order valence-corrected chi connectivity index (χ0v) is 17.5. The molecule has 2 amide bonds. The van der Waals surface area contributed by atoms with Crippen LogP contribution in [0.15, 0.2) is 48.5 Å². The minimum absolute atomic E-state index is 0.000286. The molecule has 0 bridgehead atoms. The second kappa shape index (κ2) is 9.40. The van der Waals surface area contributed by atoms with Crippen molar-refractivity contribution in [1.82, 2.24) is 10.6 Å². The molecule has 0 aliphatic heterocycles. The second-order valence-electron chi connectivity index (χ2n) is 8.35. The van der Waals surface area contributed by atoms with Crippen LogP contribution in [0.2, 0.25) is 0 Å². The minimum Gasteiger partial charge on any atom is -0.480 e. The van der Waals surface area contributed by atoms with E-state index in [1.54, 1.807) is 0 Å². The standard InChI is InChI=1S/C24H26N2O6/c27-12-21(23(29)30)26-22(28)11-14-9-15(10-14)25-24(31)32-13-20-18-7-3-1-5-16(18)17-6-2-4-8-19(17)20/h1-8,14-15,20-21,27H,9-13H2,(H,25,31)(H,26,28)(H,29,30). The Morgan fingerprint density at radius 2 is 1.59 bits per heavy atom. The van der Waals surface area contributed by atoms with Gasteiger partial charge >= 0.3 is 12.1 Å². The Balaban J connectivity index is 1.23. The van der Waals surface area contributed by atoms with Gasteiger partial charge in [-0.15, -0.1) is 0 Å². The number of hydrogen-bond donors (Lipinski definition) is 4. The molecule has 2 aromatic carbocycles. The third-order valence-corrected chi connectivity index (χ3v) is 6.19. The molecular weight excluding hydrogens is 412 g/mol. The molecule has 0 aromatic heterocycles. The summed E-state index contributed by atoms with van der Waals surface area (Å²) in [5.74, 6) is -1.64. The number of fused-ring (bicyclic) bond motifs is 3. The van der Waals surface area contributed by atoms with Crippen molar-refractivity contribution in [1.29, 1.82) is 0 Å². The van der Waals surface area contributed by atoms with E-state index >= 15 is 0 Å². The maximum atomic E-state index is 12.3. The molecule has 8 nitrogen and oxygen atoms in total. The van der Waals surface area contributed by atoms with Crippen molar-refractivity contribution in [3.63, 3.8) is 0 Å². The van der Waals surface area contributed by atoms with Crippen LogP contribution in [-0.4, -0.2) is 53.5 Å². The highest BCUT2D eigenvalue weighted by molar-refractivity contribution is 5.84. The summed E-state index contributed by atoms with van der Waals surface area (Å²) in [5, 5.41) is 23.0. The van der Waals surface area contributed by atoms with Crippen molar-refractivity contribution in [2.24, 2.45) is 5.92 Å². The van der Waals surface area contributed by atoms with Gasteiger partial charge in [0, 0.05) is 18.4 Å². The number of benzene rings is 2. The first-order chi connectivity index (χ1) is 15.5. The molecular formula is C24H26N2O6. The Hall–Kier alpha value is -3.39. The summed E-state index contributed by atoms with van der Waals surface area (Å²) < 4.78 is 5.53. The van der Waals surface area contributed by atoms with Crippen LogP contribution in [0, 0.1) is 5.92 Å². The van der Waals surface area contributed by atoms with Crippen molar-refractivity contribution in [3.8, 4) is 11.1 Å². The fourth-order valence-electron chi connectivity index (χ4n) is 4.53. The van der Waals surface area contributed by atoms with Crippen molar-refractivity contribution in [2.75, 3.05) is 13.2 Å². The second-order valence-corrected chi connectivity index (χ2v) is 8.35. The van der Waals surface area contributed by atoms with E-state index in [1.807, 2.05) is 24.3 Å². The molecule has 32 heavy (non-hydrogen) atoms. The fourth-order valence-corrected chi connectivity index (χ4v) is 4.53. The molecule has 0 radical (unpaired) electrons. The number of rotatable bonds is 8. The summed E-state index contributed by atoms with van der Waals surface area (Å²) in [6.07, 6.45) is 0.918. The average molecular weight is 438 g/mol. The van der Waals surface area contributed by atoms with Crippen LogP contribution in [0.4, 0.5) is 4.79 Å². The number of amides is 2. The van der Waals surface area contributed by atoms with Gasteiger partial charge in [-0.25, -0.2) is 9.59 Å². The van der Waals surface area contributed by atoms with Gasteiger partial charge in [0.15, 0.2) is 0 Å². The average Bonchev–Trinajstić information content (AvgIpc) is 3.08. The molecule has 1 unspecified atom stereocenters. The van der Waals surface area contributed by atoms with Gasteiger partial charge in [0.2, 0.25) is 5.91 Å². The topological polar surface area (TPSA) is 125 Å². The molecule has 2 aliphatic rings. The molecule has 2 aromatic rings. The maximum Gasteiger partial charge on any atom is 0.407 e. The Kier molecular flexibility index (Phi) is 6.41. The monoisotopic (exact) mass is 438 g/mol. The number of carboxylic acid groups (broad SMARTS) is 1. The van der Waals surface area contributed by atoms with E-state index in [0.717, 1.165) is 11.1 Å². The first kappa shape index (κ1) is 21.8. The lowest BCUT2D eigenvalue weighted by Gasteiger charge is -2.35. The lowest BCUT2D eigenvalue weighted by atomic mass is 9.78. The Morgan fingerprint density at radius 1 is 1.00 bits per heavy atom. The van der Waals surface area contributed by atoms with Crippen molar-refractivity contribution in [3.05, 3.63) is 59.7 Å². The van der Waals surface area contributed by atoms with Gasteiger partial charge in [-0.2, -0.15) is 0 Å². The number of aliphatic hydroxyl groups excluding tert-OH is 1. The third-order valence-electron chi connectivity index (χ3n) is 6.19. The number of aliphatic carboxylic acids is 1. The molecule has 1 fully saturated rings. The number of aliphatic hydroxyl groups is 1. The van der Waals surface area contributed by atoms with E-state index in [0.29, 0.717) is 12.8 Å². The van der Waals surface area contributed by atoms with Gasteiger partial charge in [0.1, 0.15) is 12.6 Å². The molecule has 4 N–H and O–H groups in total. The van der Waals surface area contributed by atoms with Gasteiger partial charge in [-0.1, -0.05) is 48.5 Å². The highest BCUT2D eigenvalue weighted by Crippen LogP contribution is 2.44. The van der Waals surface area contributed by atoms with E-state index in [1.165, 1.54) is 11.1 Å². The number of nitrogens with one attached hydrogen (secondary N) is 2. The highest BCUT2D eigenvalue weighted by Gasteiger charge is 2.34. The van der Waals surface area contributed by atoms with Crippen LogP contribution in [0.5, 0.6) is 0 Å². The predicted octanol–water partition coefficient (Wildman–Crippen LogP) is 2.26. The van der Waals surface area contributed by atoms with Crippen molar-refractivity contribution in [2.45, 2.75) is 37.3 Å². The summed E-state index contributed by atoms with van der Waals surface area (Å²) in [6.45, 7) is -0.409. The molecule has 1 saturated carbocycles. The van der Waals surface area contributed by atoms with Crippen LogP contribution in [0.25, 0.3) is 11.1 Å². The molecule has 8 heteroatoms. The van der Waals surface area contributed by atoms with Crippen LogP contribution in [0.3, 0.4) is 0 Å². The summed E-state index contributed by atoms with van der Waals surface area (Å²) in [7, 11) is 0. The molecule has 1 atom stereocenters. The quantitative estimate of drug-likeness (QED) is 0.501. The van der Waals surface area contributed by atoms with Crippen LogP contribution in [-0.2, 0) is 14.3 Å². The number of carboxylic acids is 1. The van der Waals surface area contributed by atoms with Gasteiger partial charge in [0.05, 0.1) is 6.61 Å². The summed E-state index contributed by atoms with van der Waals surface area (Å²) >= 11 is 0. The van der Waals surface area contributed by atoms with Gasteiger partial charge in [-0.3, -0.25) is 4.79 Å². The predicted molar refractivity (Wildman–Crippen MR) is 116 cm³/mol. The van der Waals surface area contributed by atoms with Gasteiger partial charge < -0.3 is 25.6 Å². The van der Waals surface area contributed by atoms with Crippen LogP contribution < -0.4 is 10.6 Å². The third kappa shape index (κ3) is 4.60. The zero-order chi connectivity index (χ0) is 22.7. The summed E-state index contributed by atoms with van der Waals surface area (Å²) in [5.41, 5.74) is 4.64. The Labute approximate surface area is 185 Å². The van der Waals surface area contributed by atoms with Gasteiger partial charge in [0.25, 0.3) is 0 Å². The Morgan fingerprint density at radius 3 is 2.16 bits per heavy atom. The fraction of sp³-hybridized carbons (Fsp3) is 0.375. The molecule has 0 saturated heterocycles. The first-order valence-corrected chi connectivity index (χ1v) is 10.7. The zero-order valence-electron chi connectivity index (χ0n) is 17.5. The number of carbonyl (C=O) groups excluding carboxylic acids is 2. The van der Waals surface area contributed by atoms with Crippen LogP contribution in [0.1, 0.15) is 36.3 Å². The lowest BCUT2D eigenvalue weighted by Crippen LogP contribution is -2.48. The highest BCUT2D eigenvalue weighted by atomic mass is 16.5. The van der Waals surface area contributed by atoms with E-state index in [2.05, 4.69) is 34.9 Å². The van der Waals surface area contributed by atoms with Crippen LogP contribution >= 0.6 is 0 Å². The number of ether oxygens (including phenoxy) is 1. The number of hydrogen-bond acceptors (Lipinski definition) is 5. The van der Waals surface area contributed by atoms with E-state index in [-0.39, 0.29) is 30.9 Å². The largest absolute Gasteiger partial charge is 0.480 e. The van der Waals surface area contributed by atoms with E-state index < -0.39 is 30.6 Å². The molecule has 4 rings (SSSR count). The lowest BCUT2D eigenvalue weighted by molar-refractivity contribution is -0.143. The van der Waals surface area contributed by atoms with Crippen molar-refractivity contribution >= 4 is 18.0 Å². The smallest absolute Gasteiger partial charge is 0.407 e. The summed E-state index contributed by atoms with van der Waals surface area (Å²) in [4.78, 5) is 35.1. The molecule has 0 spiro atoms. The normalized spacial score (nSPS) is 19.8. The van der Waals surface area contributed by atoms with E-state index in [4.69, 9.17) is 14.9 Å². The van der Waals surface area contributed by atoms with Crippen molar-refractivity contribution < 1.29 is 29.3 Å². The van der Waals surface area contributed by atoms with Gasteiger partial charge in [-0.05, 0) is 41.0 Å². The number of alkyl carbamates (subject to hydrolysis) is 1. The first-order valence-electron chi connectivity index (χ1n) is 10.7. The molecule has 0 heterocycles. The number of carbonyl (C=O) groups is 3. The minimum atomic E-state index is -1.29. The van der Waals surface area contributed by atoms with E-state index in [9.17, 15) is 14.4 Å².